The molecule has 5 heteroatoms. The van der Waals surface area contributed by atoms with Crippen molar-refractivity contribution in [2.45, 2.75) is 59.5 Å². The van der Waals surface area contributed by atoms with Gasteiger partial charge in [0.2, 0.25) is 0 Å². The fourth-order valence-electron chi connectivity index (χ4n) is 3.46. The molecule has 1 N–H and O–H groups in total. The highest BCUT2D eigenvalue weighted by molar-refractivity contribution is 5.43. The fraction of sp³-hybridized carbons (Fsp3) is 0.524. The van der Waals surface area contributed by atoms with Crippen molar-refractivity contribution in [3.63, 3.8) is 0 Å². The Morgan fingerprint density at radius 3 is 2.62 bits per heavy atom. The molecule has 0 amide bonds. The molecule has 0 saturated carbocycles. The normalized spacial score (nSPS) is 15.0. The molecule has 1 aliphatic heterocycles. The van der Waals surface area contributed by atoms with Crippen molar-refractivity contribution in [2.75, 3.05) is 13.7 Å². The Morgan fingerprint density at radius 2 is 1.96 bits per heavy atom. The molecule has 0 bridgehead atoms. The van der Waals surface area contributed by atoms with Gasteiger partial charge in [-0.25, -0.2) is 4.98 Å². The lowest BCUT2D eigenvalue weighted by atomic mass is 9.94. The number of H-pyrrole nitrogens is 1. The summed E-state index contributed by atoms with van der Waals surface area (Å²) >= 11 is 0. The Balaban J connectivity index is 1.84. The van der Waals surface area contributed by atoms with Gasteiger partial charge in [-0.05, 0) is 36.6 Å². The van der Waals surface area contributed by atoms with Gasteiger partial charge >= 0.3 is 0 Å². The third-order valence-electron chi connectivity index (χ3n) is 5.32. The molecule has 1 aromatic carbocycles. The van der Waals surface area contributed by atoms with Crippen LogP contribution in [0.2, 0.25) is 0 Å². The third kappa shape index (κ3) is 3.54. The maximum absolute atomic E-state index is 12.6. The average molecular weight is 355 g/mol. The lowest BCUT2D eigenvalue weighted by molar-refractivity contribution is 0.240. The zero-order valence-electron chi connectivity index (χ0n) is 16.7. The van der Waals surface area contributed by atoms with Crippen molar-refractivity contribution < 1.29 is 4.74 Å². The zero-order chi connectivity index (χ0) is 19.1. The summed E-state index contributed by atoms with van der Waals surface area (Å²) in [6.07, 6.45) is 0.816. The number of aromatic amines is 1. The first-order valence-electron chi connectivity index (χ1n) is 9.18. The summed E-state index contributed by atoms with van der Waals surface area (Å²) < 4.78 is 5.40. The number of rotatable bonds is 3. The van der Waals surface area contributed by atoms with Crippen LogP contribution in [-0.4, -0.2) is 28.5 Å². The number of fused-ring (bicyclic) bond motifs is 1. The molecular formula is C21H29N3O2. The topological polar surface area (TPSA) is 58.2 Å². The Hall–Kier alpha value is -2.14. The zero-order valence-corrected chi connectivity index (χ0v) is 16.7. The number of ether oxygens (including phenoxy) is 1. The standard InChI is InChI=1S/C21H29N3O2/c1-13-14(2)18(26-6)8-7-15(13)11-24-10-9-17-16(12-24)19(25)23-20(22-17)21(3,4)5/h7-8H,9-12H2,1-6H3,(H,22,23,25). The second-order valence-electron chi connectivity index (χ2n) is 8.23. The van der Waals surface area contributed by atoms with Gasteiger partial charge in [0.15, 0.2) is 0 Å². The number of aromatic nitrogens is 2. The van der Waals surface area contributed by atoms with E-state index in [0.29, 0.717) is 6.54 Å². The largest absolute Gasteiger partial charge is 0.496 e. The van der Waals surface area contributed by atoms with Crippen LogP contribution in [-0.2, 0) is 24.9 Å². The molecule has 0 radical (unpaired) electrons. The summed E-state index contributed by atoms with van der Waals surface area (Å²) in [5, 5.41) is 0. The maximum Gasteiger partial charge on any atom is 0.255 e. The van der Waals surface area contributed by atoms with Crippen LogP contribution in [0, 0.1) is 13.8 Å². The summed E-state index contributed by atoms with van der Waals surface area (Å²) in [6, 6.07) is 4.15. The van der Waals surface area contributed by atoms with E-state index < -0.39 is 0 Å². The van der Waals surface area contributed by atoms with Crippen molar-refractivity contribution >= 4 is 0 Å². The Morgan fingerprint density at radius 1 is 1.23 bits per heavy atom. The highest BCUT2D eigenvalue weighted by Crippen LogP contribution is 2.26. The minimum absolute atomic E-state index is 0.00672. The van der Waals surface area contributed by atoms with Gasteiger partial charge in [-0.15, -0.1) is 0 Å². The summed E-state index contributed by atoms with van der Waals surface area (Å²) in [5.74, 6) is 1.70. The van der Waals surface area contributed by atoms with Gasteiger partial charge < -0.3 is 9.72 Å². The van der Waals surface area contributed by atoms with Crippen molar-refractivity contribution in [3.8, 4) is 5.75 Å². The van der Waals surface area contributed by atoms with E-state index in [2.05, 4.69) is 50.6 Å². The van der Waals surface area contributed by atoms with Gasteiger partial charge in [0, 0.05) is 31.5 Å². The molecule has 0 saturated heterocycles. The molecule has 0 atom stereocenters. The minimum atomic E-state index is -0.150. The molecule has 140 valence electrons. The minimum Gasteiger partial charge on any atom is -0.496 e. The molecule has 2 aromatic rings. The van der Waals surface area contributed by atoms with Crippen LogP contribution < -0.4 is 10.3 Å². The molecule has 1 aromatic heterocycles. The van der Waals surface area contributed by atoms with E-state index in [1.54, 1.807) is 7.11 Å². The van der Waals surface area contributed by atoms with E-state index in [9.17, 15) is 4.79 Å². The average Bonchev–Trinajstić information content (AvgIpc) is 2.59. The van der Waals surface area contributed by atoms with Gasteiger partial charge in [-0.1, -0.05) is 26.8 Å². The number of hydrogen-bond acceptors (Lipinski definition) is 4. The quantitative estimate of drug-likeness (QED) is 0.918. The molecule has 2 heterocycles. The lowest BCUT2D eigenvalue weighted by Crippen LogP contribution is -2.37. The smallest absolute Gasteiger partial charge is 0.255 e. The molecular weight excluding hydrogens is 326 g/mol. The van der Waals surface area contributed by atoms with Crippen LogP contribution in [0.4, 0.5) is 0 Å². The Bertz CT molecular complexity index is 878. The SMILES string of the molecule is COc1ccc(CN2CCc3nc(C(C)(C)C)[nH]c(=O)c3C2)c(C)c1C. The number of nitrogens with one attached hydrogen (secondary N) is 1. The fourth-order valence-corrected chi connectivity index (χ4v) is 3.46. The van der Waals surface area contributed by atoms with Gasteiger partial charge in [-0.3, -0.25) is 9.69 Å². The second-order valence-corrected chi connectivity index (χ2v) is 8.23. The highest BCUT2D eigenvalue weighted by atomic mass is 16.5. The molecule has 0 spiro atoms. The number of methoxy groups -OCH3 is 1. The van der Waals surface area contributed by atoms with Crippen molar-refractivity contribution in [1.29, 1.82) is 0 Å². The third-order valence-corrected chi connectivity index (χ3v) is 5.32. The van der Waals surface area contributed by atoms with Crippen LogP contribution in [0.25, 0.3) is 0 Å². The number of benzene rings is 1. The summed E-state index contributed by atoms with van der Waals surface area (Å²) in [4.78, 5) is 22.6. The van der Waals surface area contributed by atoms with E-state index in [4.69, 9.17) is 9.72 Å². The van der Waals surface area contributed by atoms with Gasteiger partial charge in [0.05, 0.1) is 18.4 Å². The maximum atomic E-state index is 12.6. The molecule has 0 fully saturated rings. The number of nitrogens with zero attached hydrogens (tertiary/aromatic N) is 2. The second kappa shape index (κ2) is 6.88. The van der Waals surface area contributed by atoms with E-state index in [1.807, 2.05) is 6.07 Å². The van der Waals surface area contributed by atoms with Crippen LogP contribution in [0.1, 0.15) is 54.5 Å². The van der Waals surface area contributed by atoms with Crippen LogP contribution in [0.5, 0.6) is 5.75 Å². The van der Waals surface area contributed by atoms with Crippen LogP contribution >= 0.6 is 0 Å². The summed E-state index contributed by atoms with van der Waals surface area (Å²) in [5.41, 5.74) is 5.34. The number of hydrogen-bond donors (Lipinski definition) is 1. The van der Waals surface area contributed by atoms with Gasteiger partial charge in [-0.2, -0.15) is 0 Å². The molecule has 3 rings (SSSR count). The highest BCUT2D eigenvalue weighted by Gasteiger charge is 2.25. The predicted octanol–water partition coefficient (Wildman–Crippen LogP) is 3.25. The van der Waals surface area contributed by atoms with E-state index in [1.165, 1.54) is 16.7 Å². The molecule has 0 aliphatic carbocycles. The lowest BCUT2D eigenvalue weighted by Gasteiger charge is -2.29. The van der Waals surface area contributed by atoms with Crippen molar-refractivity contribution in [3.05, 3.63) is 56.3 Å². The molecule has 1 aliphatic rings. The first-order valence-corrected chi connectivity index (χ1v) is 9.18. The van der Waals surface area contributed by atoms with E-state index in [0.717, 1.165) is 42.3 Å². The van der Waals surface area contributed by atoms with E-state index >= 15 is 0 Å². The summed E-state index contributed by atoms with van der Waals surface area (Å²) in [7, 11) is 1.70. The predicted molar refractivity (Wildman–Crippen MR) is 104 cm³/mol. The van der Waals surface area contributed by atoms with Crippen molar-refractivity contribution in [2.24, 2.45) is 0 Å². The van der Waals surface area contributed by atoms with Crippen LogP contribution in [0.15, 0.2) is 16.9 Å². The van der Waals surface area contributed by atoms with E-state index in [-0.39, 0.29) is 11.0 Å². The monoisotopic (exact) mass is 355 g/mol. The van der Waals surface area contributed by atoms with Crippen molar-refractivity contribution in [1.82, 2.24) is 14.9 Å². The Labute approximate surface area is 155 Å². The van der Waals surface area contributed by atoms with Gasteiger partial charge in [0.25, 0.3) is 5.56 Å². The first-order chi connectivity index (χ1) is 12.2. The molecule has 0 unspecified atom stereocenters. The van der Waals surface area contributed by atoms with Crippen LogP contribution in [0.3, 0.4) is 0 Å². The summed E-state index contributed by atoms with van der Waals surface area (Å²) in [6.45, 7) is 12.8. The van der Waals surface area contributed by atoms with Gasteiger partial charge in [0.1, 0.15) is 11.6 Å². The first kappa shape index (κ1) is 18.6. The Kier molecular flexibility index (Phi) is 4.93. The molecule has 26 heavy (non-hydrogen) atoms. The molecule has 5 nitrogen and oxygen atoms in total.